The zero-order valence-corrected chi connectivity index (χ0v) is 11.4. The summed E-state index contributed by atoms with van der Waals surface area (Å²) in [5.74, 6) is 0.909. The standard InChI is InChI=1S/C15H20O4/c1-3-18-15-13(16)10-14(15)19-12-6-4-11(5-7-12)8-9-17-2/h4-7,14-15H,3,8-10H2,1-2H3. The summed E-state index contributed by atoms with van der Waals surface area (Å²) in [5.41, 5.74) is 1.21. The van der Waals surface area contributed by atoms with Gasteiger partial charge in [0, 0.05) is 20.1 Å². The summed E-state index contributed by atoms with van der Waals surface area (Å²) in [7, 11) is 1.69. The number of ketones is 1. The van der Waals surface area contributed by atoms with E-state index in [0.717, 1.165) is 12.2 Å². The zero-order chi connectivity index (χ0) is 13.7. The second-order valence-corrected chi connectivity index (χ2v) is 4.59. The topological polar surface area (TPSA) is 44.8 Å². The molecule has 1 aliphatic carbocycles. The largest absolute Gasteiger partial charge is 0.487 e. The first-order valence-corrected chi connectivity index (χ1v) is 6.63. The third-order valence-electron chi connectivity index (χ3n) is 3.21. The molecule has 2 rings (SSSR count). The van der Waals surface area contributed by atoms with E-state index in [0.29, 0.717) is 19.6 Å². The molecule has 2 atom stereocenters. The minimum absolute atomic E-state index is 0.128. The van der Waals surface area contributed by atoms with Crippen LogP contribution in [0.5, 0.6) is 5.75 Å². The maximum Gasteiger partial charge on any atom is 0.169 e. The molecule has 1 aliphatic rings. The molecule has 0 heterocycles. The average Bonchev–Trinajstić information content (AvgIpc) is 2.43. The molecule has 0 N–H and O–H groups in total. The van der Waals surface area contributed by atoms with Gasteiger partial charge in [0.15, 0.2) is 11.9 Å². The molecule has 4 heteroatoms. The highest BCUT2D eigenvalue weighted by Crippen LogP contribution is 2.25. The maximum absolute atomic E-state index is 11.4. The van der Waals surface area contributed by atoms with E-state index in [-0.39, 0.29) is 11.9 Å². The summed E-state index contributed by atoms with van der Waals surface area (Å²) in [4.78, 5) is 11.4. The Balaban J connectivity index is 1.87. The molecule has 19 heavy (non-hydrogen) atoms. The molecule has 0 bridgehead atoms. The van der Waals surface area contributed by atoms with Crippen molar-refractivity contribution in [3.8, 4) is 5.75 Å². The van der Waals surface area contributed by atoms with Crippen molar-refractivity contribution >= 4 is 5.78 Å². The lowest BCUT2D eigenvalue weighted by Crippen LogP contribution is -2.52. The van der Waals surface area contributed by atoms with Gasteiger partial charge >= 0.3 is 0 Å². The third-order valence-corrected chi connectivity index (χ3v) is 3.21. The van der Waals surface area contributed by atoms with E-state index in [1.54, 1.807) is 7.11 Å². The molecule has 1 saturated carbocycles. The van der Waals surface area contributed by atoms with E-state index in [4.69, 9.17) is 14.2 Å². The van der Waals surface area contributed by atoms with Crippen LogP contribution in [0.1, 0.15) is 18.9 Å². The number of methoxy groups -OCH3 is 1. The Morgan fingerprint density at radius 2 is 2.00 bits per heavy atom. The van der Waals surface area contributed by atoms with Crippen LogP contribution in [-0.4, -0.2) is 38.3 Å². The molecule has 4 nitrogen and oxygen atoms in total. The van der Waals surface area contributed by atoms with Gasteiger partial charge in [-0.1, -0.05) is 12.1 Å². The molecule has 1 aromatic rings. The molecule has 1 aromatic carbocycles. The SMILES string of the molecule is CCOC1C(=O)CC1Oc1ccc(CCOC)cc1. The molecule has 0 amide bonds. The molecule has 0 aliphatic heterocycles. The molecule has 0 saturated heterocycles. The van der Waals surface area contributed by atoms with Crippen LogP contribution in [-0.2, 0) is 20.7 Å². The third kappa shape index (κ3) is 3.55. The number of hydrogen-bond donors (Lipinski definition) is 0. The smallest absolute Gasteiger partial charge is 0.169 e. The van der Waals surface area contributed by atoms with E-state index in [2.05, 4.69) is 0 Å². The monoisotopic (exact) mass is 264 g/mol. The number of benzene rings is 1. The highest BCUT2D eigenvalue weighted by atomic mass is 16.5. The van der Waals surface area contributed by atoms with Crippen molar-refractivity contribution in [2.75, 3.05) is 20.3 Å². The minimum Gasteiger partial charge on any atom is -0.487 e. The van der Waals surface area contributed by atoms with Crippen molar-refractivity contribution in [1.82, 2.24) is 0 Å². The molecule has 0 aromatic heterocycles. The number of carbonyl (C=O) groups is 1. The highest BCUT2D eigenvalue weighted by molar-refractivity contribution is 5.90. The van der Waals surface area contributed by atoms with Crippen molar-refractivity contribution in [2.24, 2.45) is 0 Å². The molecule has 0 spiro atoms. The normalized spacial score (nSPS) is 22.1. The number of hydrogen-bond acceptors (Lipinski definition) is 4. The van der Waals surface area contributed by atoms with Crippen molar-refractivity contribution in [3.05, 3.63) is 29.8 Å². The Kier molecular flexibility index (Phi) is 4.93. The first-order valence-electron chi connectivity index (χ1n) is 6.63. The summed E-state index contributed by atoms with van der Waals surface area (Å²) < 4.78 is 16.2. The van der Waals surface area contributed by atoms with Gasteiger partial charge in [0.2, 0.25) is 0 Å². The van der Waals surface area contributed by atoms with Gasteiger partial charge in [-0.3, -0.25) is 4.79 Å². The van der Waals surface area contributed by atoms with Crippen molar-refractivity contribution in [3.63, 3.8) is 0 Å². The first kappa shape index (κ1) is 14.0. The van der Waals surface area contributed by atoms with Crippen LogP contribution in [0.2, 0.25) is 0 Å². The van der Waals surface area contributed by atoms with Gasteiger partial charge in [-0.05, 0) is 31.0 Å². The van der Waals surface area contributed by atoms with Crippen LogP contribution < -0.4 is 4.74 Å². The van der Waals surface area contributed by atoms with E-state index in [1.165, 1.54) is 5.56 Å². The van der Waals surface area contributed by atoms with E-state index < -0.39 is 6.10 Å². The Morgan fingerprint density at radius 1 is 1.26 bits per heavy atom. The quantitative estimate of drug-likeness (QED) is 0.755. The summed E-state index contributed by atoms with van der Waals surface area (Å²) in [6, 6.07) is 7.89. The van der Waals surface area contributed by atoms with Crippen LogP contribution in [0.15, 0.2) is 24.3 Å². The Hall–Kier alpha value is -1.39. The second kappa shape index (κ2) is 6.68. The van der Waals surface area contributed by atoms with Gasteiger partial charge in [-0.2, -0.15) is 0 Å². The summed E-state index contributed by atoms with van der Waals surface area (Å²) in [6.45, 7) is 3.13. The molecule has 1 fully saturated rings. The lowest BCUT2D eigenvalue weighted by Gasteiger charge is -2.34. The van der Waals surface area contributed by atoms with Crippen LogP contribution >= 0.6 is 0 Å². The molecule has 2 unspecified atom stereocenters. The van der Waals surface area contributed by atoms with Crippen molar-refractivity contribution in [2.45, 2.75) is 32.0 Å². The molecule has 0 radical (unpaired) electrons. The Labute approximate surface area is 113 Å². The minimum atomic E-state index is -0.391. The fraction of sp³-hybridized carbons (Fsp3) is 0.533. The fourth-order valence-corrected chi connectivity index (χ4v) is 2.08. The van der Waals surface area contributed by atoms with Crippen molar-refractivity contribution in [1.29, 1.82) is 0 Å². The van der Waals surface area contributed by atoms with Crippen molar-refractivity contribution < 1.29 is 19.0 Å². The number of ether oxygens (including phenoxy) is 3. The van der Waals surface area contributed by atoms with Gasteiger partial charge < -0.3 is 14.2 Å². The van der Waals surface area contributed by atoms with Gasteiger partial charge in [0.25, 0.3) is 0 Å². The van der Waals surface area contributed by atoms with Crippen LogP contribution in [0, 0.1) is 0 Å². The summed E-state index contributed by atoms with van der Waals surface area (Å²) in [6.07, 6.45) is 0.798. The highest BCUT2D eigenvalue weighted by Gasteiger charge is 2.42. The predicted octanol–water partition coefficient (Wildman–Crippen LogP) is 2.00. The lowest BCUT2D eigenvalue weighted by atomic mass is 9.90. The van der Waals surface area contributed by atoms with E-state index >= 15 is 0 Å². The number of rotatable bonds is 7. The molecular formula is C15H20O4. The summed E-state index contributed by atoms with van der Waals surface area (Å²) in [5, 5.41) is 0. The van der Waals surface area contributed by atoms with E-state index in [1.807, 2.05) is 31.2 Å². The molecule has 104 valence electrons. The molecular weight excluding hydrogens is 244 g/mol. The number of carbonyl (C=O) groups excluding carboxylic acids is 1. The van der Waals surface area contributed by atoms with Gasteiger partial charge in [-0.25, -0.2) is 0 Å². The van der Waals surface area contributed by atoms with Crippen LogP contribution in [0.3, 0.4) is 0 Å². The first-order chi connectivity index (χ1) is 9.24. The Morgan fingerprint density at radius 3 is 2.58 bits per heavy atom. The Bertz CT molecular complexity index is 413. The summed E-state index contributed by atoms with van der Waals surface area (Å²) >= 11 is 0. The fourth-order valence-electron chi connectivity index (χ4n) is 2.08. The van der Waals surface area contributed by atoms with Gasteiger partial charge in [0.1, 0.15) is 11.9 Å². The second-order valence-electron chi connectivity index (χ2n) is 4.59. The average molecular weight is 264 g/mol. The maximum atomic E-state index is 11.4. The van der Waals surface area contributed by atoms with Crippen LogP contribution in [0.25, 0.3) is 0 Å². The van der Waals surface area contributed by atoms with Crippen LogP contribution in [0.4, 0.5) is 0 Å². The van der Waals surface area contributed by atoms with E-state index in [9.17, 15) is 4.79 Å². The predicted molar refractivity (Wildman–Crippen MR) is 71.5 cm³/mol. The number of Topliss-reactive ketones (excluding diaryl/α,β-unsaturated/α-hetero) is 1. The van der Waals surface area contributed by atoms with Gasteiger partial charge in [-0.15, -0.1) is 0 Å². The lowest BCUT2D eigenvalue weighted by molar-refractivity contribution is -0.154. The zero-order valence-electron chi connectivity index (χ0n) is 11.4. The van der Waals surface area contributed by atoms with Gasteiger partial charge in [0.05, 0.1) is 6.61 Å².